The van der Waals surface area contributed by atoms with Crippen molar-refractivity contribution in [3.05, 3.63) is 84.1 Å². The molecule has 0 aliphatic carbocycles. The van der Waals surface area contributed by atoms with E-state index in [1.807, 2.05) is 35.0 Å². The van der Waals surface area contributed by atoms with Gasteiger partial charge in [-0.25, -0.2) is 0 Å². The van der Waals surface area contributed by atoms with Crippen LogP contribution in [0.5, 0.6) is 17.2 Å². The van der Waals surface area contributed by atoms with Crippen LogP contribution in [-0.4, -0.2) is 42.6 Å². The summed E-state index contributed by atoms with van der Waals surface area (Å²) in [6.07, 6.45) is -2.97. The molecular formula is C29H25F3N2O6. The molecule has 2 heterocycles. The van der Waals surface area contributed by atoms with Crippen molar-refractivity contribution in [2.45, 2.75) is 26.4 Å². The van der Waals surface area contributed by atoms with Crippen molar-refractivity contribution in [1.82, 2.24) is 4.57 Å². The van der Waals surface area contributed by atoms with Crippen molar-refractivity contribution in [2.24, 2.45) is 0 Å². The first-order valence-electron chi connectivity index (χ1n) is 12.5. The van der Waals surface area contributed by atoms with Gasteiger partial charge in [-0.05, 0) is 67.6 Å². The molecule has 0 radical (unpaired) electrons. The number of anilines is 1. The predicted octanol–water partition coefficient (Wildman–Crippen LogP) is 5.72. The third kappa shape index (κ3) is 5.98. The lowest BCUT2D eigenvalue weighted by molar-refractivity contribution is -0.274. The second-order valence-corrected chi connectivity index (χ2v) is 8.88. The zero-order valence-electron chi connectivity index (χ0n) is 21.4. The van der Waals surface area contributed by atoms with Gasteiger partial charge in [-0.3, -0.25) is 9.59 Å². The van der Waals surface area contributed by atoms with Crippen LogP contribution < -0.4 is 19.1 Å². The fraction of sp³-hybridized carbons (Fsp3) is 0.241. The minimum Gasteiger partial charge on any atom is -0.490 e. The van der Waals surface area contributed by atoms with Gasteiger partial charge in [0.25, 0.3) is 5.91 Å². The van der Waals surface area contributed by atoms with Gasteiger partial charge in [0.2, 0.25) is 0 Å². The van der Waals surface area contributed by atoms with Gasteiger partial charge in [0.15, 0.2) is 0 Å². The number of carbonyl (C=O) groups excluding carboxylic acids is 2. The SMILES string of the molecule is CCOC(=O)Cn1ccc2cc(OCCOc3cccc4c3CN(c3ccc(OC(F)(F)F)cc3)C4=O)ccc21. The molecule has 40 heavy (non-hydrogen) atoms. The number of halogens is 3. The molecule has 5 rings (SSSR count). The number of hydrogen-bond acceptors (Lipinski definition) is 6. The Hall–Kier alpha value is -4.67. The highest BCUT2D eigenvalue weighted by Gasteiger charge is 2.33. The Morgan fingerprint density at radius 2 is 1.70 bits per heavy atom. The zero-order valence-corrected chi connectivity index (χ0v) is 21.4. The van der Waals surface area contributed by atoms with Crippen LogP contribution in [0.15, 0.2) is 72.9 Å². The number of amides is 1. The van der Waals surface area contributed by atoms with Crippen LogP contribution in [0.4, 0.5) is 18.9 Å². The lowest BCUT2D eigenvalue weighted by atomic mass is 10.1. The summed E-state index contributed by atoms with van der Waals surface area (Å²) >= 11 is 0. The summed E-state index contributed by atoms with van der Waals surface area (Å²) < 4.78 is 59.9. The van der Waals surface area contributed by atoms with Crippen LogP contribution in [0.3, 0.4) is 0 Å². The van der Waals surface area contributed by atoms with Gasteiger partial charge in [-0.2, -0.15) is 0 Å². The molecule has 1 aliphatic rings. The van der Waals surface area contributed by atoms with Crippen molar-refractivity contribution in [3.8, 4) is 17.2 Å². The largest absolute Gasteiger partial charge is 0.573 e. The van der Waals surface area contributed by atoms with Crippen LogP contribution in [0.1, 0.15) is 22.8 Å². The molecule has 3 aromatic carbocycles. The zero-order chi connectivity index (χ0) is 28.3. The second-order valence-electron chi connectivity index (χ2n) is 8.88. The first-order valence-corrected chi connectivity index (χ1v) is 12.5. The van der Waals surface area contributed by atoms with E-state index in [0.29, 0.717) is 34.9 Å². The highest BCUT2D eigenvalue weighted by Crippen LogP contribution is 2.35. The first-order chi connectivity index (χ1) is 19.2. The van der Waals surface area contributed by atoms with E-state index in [9.17, 15) is 22.8 Å². The van der Waals surface area contributed by atoms with E-state index in [1.165, 1.54) is 29.2 Å². The fourth-order valence-electron chi connectivity index (χ4n) is 4.54. The van der Waals surface area contributed by atoms with Crippen molar-refractivity contribution < 1.29 is 41.7 Å². The van der Waals surface area contributed by atoms with Crippen LogP contribution in [-0.2, 0) is 22.6 Å². The summed E-state index contributed by atoms with van der Waals surface area (Å²) in [5.74, 6) is 0.230. The van der Waals surface area contributed by atoms with E-state index < -0.39 is 6.36 Å². The Kier molecular flexibility index (Phi) is 7.54. The number of esters is 1. The molecule has 0 fully saturated rings. The van der Waals surface area contributed by atoms with E-state index in [-0.39, 0.29) is 43.9 Å². The number of benzene rings is 3. The molecule has 208 valence electrons. The van der Waals surface area contributed by atoms with Gasteiger partial charge < -0.3 is 28.4 Å². The Morgan fingerprint density at radius 1 is 0.950 bits per heavy atom. The third-order valence-electron chi connectivity index (χ3n) is 6.26. The number of hydrogen-bond donors (Lipinski definition) is 0. The van der Waals surface area contributed by atoms with E-state index in [2.05, 4.69) is 4.74 Å². The van der Waals surface area contributed by atoms with Gasteiger partial charge in [0.05, 0.1) is 13.2 Å². The number of fused-ring (bicyclic) bond motifs is 2. The average Bonchev–Trinajstić information content (AvgIpc) is 3.47. The summed E-state index contributed by atoms with van der Waals surface area (Å²) in [5, 5.41) is 0.917. The molecule has 1 amide bonds. The fourth-order valence-corrected chi connectivity index (χ4v) is 4.54. The standard InChI is InChI=1S/C29H25F3N2O6/c1-2-37-27(35)18-33-13-12-19-16-22(10-11-25(19)33)38-14-15-39-26-5-3-4-23-24(26)17-34(28(23)36)20-6-8-21(9-7-20)40-29(30,31)32/h3-13,16H,2,14-15,17-18H2,1H3. The summed E-state index contributed by atoms with van der Waals surface area (Å²) in [7, 11) is 0. The van der Waals surface area contributed by atoms with Gasteiger partial charge in [-0.15, -0.1) is 13.2 Å². The highest BCUT2D eigenvalue weighted by atomic mass is 19.4. The molecule has 4 aromatic rings. The number of nitrogens with zero attached hydrogens (tertiary/aromatic N) is 2. The Bertz CT molecular complexity index is 1530. The molecule has 1 aromatic heterocycles. The topological polar surface area (TPSA) is 79.2 Å². The van der Waals surface area contributed by atoms with Gasteiger partial charge in [-0.1, -0.05) is 6.07 Å². The quantitative estimate of drug-likeness (QED) is 0.184. The summed E-state index contributed by atoms with van der Waals surface area (Å²) in [4.78, 5) is 26.3. The van der Waals surface area contributed by atoms with Gasteiger partial charge >= 0.3 is 12.3 Å². The van der Waals surface area contributed by atoms with Crippen LogP contribution >= 0.6 is 0 Å². The summed E-state index contributed by atoms with van der Waals surface area (Å²) in [5.41, 5.74) is 2.48. The molecule has 0 N–H and O–H groups in total. The Balaban J connectivity index is 1.18. The van der Waals surface area contributed by atoms with Crippen LogP contribution in [0.2, 0.25) is 0 Å². The molecule has 0 saturated heterocycles. The number of ether oxygens (including phenoxy) is 4. The molecule has 0 saturated carbocycles. The van der Waals surface area contributed by atoms with Crippen molar-refractivity contribution >= 4 is 28.5 Å². The minimum absolute atomic E-state index is 0.129. The molecule has 1 aliphatic heterocycles. The number of rotatable bonds is 10. The van der Waals surface area contributed by atoms with Gasteiger partial charge in [0, 0.05) is 33.9 Å². The summed E-state index contributed by atoms with van der Waals surface area (Å²) in [6, 6.07) is 17.8. The predicted molar refractivity (Wildman–Crippen MR) is 140 cm³/mol. The number of aromatic nitrogens is 1. The third-order valence-corrected chi connectivity index (χ3v) is 6.26. The van der Waals surface area contributed by atoms with E-state index in [4.69, 9.17) is 14.2 Å². The van der Waals surface area contributed by atoms with E-state index in [1.54, 1.807) is 25.1 Å². The van der Waals surface area contributed by atoms with E-state index >= 15 is 0 Å². The maximum Gasteiger partial charge on any atom is 0.573 e. The van der Waals surface area contributed by atoms with Crippen molar-refractivity contribution in [1.29, 1.82) is 0 Å². The maximum atomic E-state index is 13.0. The molecular weight excluding hydrogens is 529 g/mol. The molecule has 0 unspecified atom stereocenters. The van der Waals surface area contributed by atoms with Gasteiger partial charge in [0.1, 0.15) is 37.0 Å². The van der Waals surface area contributed by atoms with Crippen molar-refractivity contribution in [3.63, 3.8) is 0 Å². The Labute approximate surface area is 227 Å². The van der Waals surface area contributed by atoms with E-state index in [0.717, 1.165) is 10.9 Å². The molecule has 11 heteroatoms. The highest BCUT2D eigenvalue weighted by molar-refractivity contribution is 6.10. The van der Waals surface area contributed by atoms with Crippen LogP contribution in [0.25, 0.3) is 10.9 Å². The monoisotopic (exact) mass is 554 g/mol. The van der Waals surface area contributed by atoms with Crippen LogP contribution in [0, 0.1) is 0 Å². The molecule has 0 spiro atoms. The van der Waals surface area contributed by atoms with Crippen molar-refractivity contribution in [2.75, 3.05) is 24.7 Å². The smallest absolute Gasteiger partial charge is 0.490 e. The normalized spacial score (nSPS) is 12.9. The number of alkyl halides is 3. The molecule has 0 bridgehead atoms. The summed E-state index contributed by atoms with van der Waals surface area (Å²) in [6.45, 7) is 2.90. The lowest BCUT2D eigenvalue weighted by Gasteiger charge is -2.17. The first kappa shape index (κ1) is 26.9. The average molecular weight is 555 g/mol. The molecule has 8 nitrogen and oxygen atoms in total. The number of carbonyl (C=O) groups is 2. The lowest BCUT2D eigenvalue weighted by Crippen LogP contribution is -2.23. The minimum atomic E-state index is -4.79. The Morgan fingerprint density at radius 3 is 2.45 bits per heavy atom. The maximum absolute atomic E-state index is 13.0. The molecule has 0 atom stereocenters. The second kappa shape index (κ2) is 11.2.